The Labute approximate surface area is 174 Å². The van der Waals surface area contributed by atoms with E-state index in [0.717, 1.165) is 51.4 Å². The predicted molar refractivity (Wildman–Crippen MR) is 106 cm³/mol. The van der Waals surface area contributed by atoms with Gasteiger partial charge in [-0.15, -0.1) is 0 Å². The van der Waals surface area contributed by atoms with Crippen molar-refractivity contribution in [3.8, 4) is 0 Å². The number of carbonyl (C=O) groups excluding carboxylic acids is 1. The molecule has 0 spiro atoms. The van der Waals surface area contributed by atoms with Crippen LogP contribution in [0.2, 0.25) is 0 Å². The van der Waals surface area contributed by atoms with Crippen LogP contribution in [0, 0.1) is 17.8 Å². The van der Waals surface area contributed by atoms with Crippen LogP contribution in [0.5, 0.6) is 0 Å². The van der Waals surface area contributed by atoms with Gasteiger partial charge in [0.15, 0.2) is 0 Å². The highest BCUT2D eigenvalue weighted by molar-refractivity contribution is 5.95. The zero-order chi connectivity index (χ0) is 20.7. The van der Waals surface area contributed by atoms with E-state index < -0.39 is 11.5 Å². The number of hydrogen-bond donors (Lipinski definition) is 2. The van der Waals surface area contributed by atoms with Crippen LogP contribution in [0.15, 0.2) is 6.20 Å². The number of anilines is 1. The van der Waals surface area contributed by atoms with Gasteiger partial charge < -0.3 is 15.3 Å². The second kappa shape index (κ2) is 6.34. The summed E-state index contributed by atoms with van der Waals surface area (Å²) < 4.78 is 26.5. The van der Waals surface area contributed by atoms with Gasteiger partial charge in [0.1, 0.15) is 0 Å². The first-order valence-corrected chi connectivity index (χ1v) is 11.3. The number of hydrogen-bond acceptors (Lipinski definition) is 5. The zero-order valence-corrected chi connectivity index (χ0v) is 17.0. The van der Waals surface area contributed by atoms with Crippen molar-refractivity contribution in [1.29, 1.82) is 0 Å². The van der Waals surface area contributed by atoms with E-state index >= 15 is 0 Å². The summed E-state index contributed by atoms with van der Waals surface area (Å²) in [4.78, 5) is 23.6. The minimum atomic E-state index is -2.68. The fourth-order valence-corrected chi connectivity index (χ4v) is 6.81. The Kier molecular flexibility index (Phi) is 4.00. The average molecular weight is 418 g/mol. The summed E-state index contributed by atoms with van der Waals surface area (Å²) in [5.41, 5.74) is 0.670. The fourth-order valence-electron chi connectivity index (χ4n) is 6.81. The van der Waals surface area contributed by atoms with E-state index in [1.54, 1.807) is 0 Å². The first-order chi connectivity index (χ1) is 14.3. The van der Waals surface area contributed by atoms with Crippen molar-refractivity contribution in [1.82, 2.24) is 15.3 Å². The molecule has 4 bridgehead atoms. The van der Waals surface area contributed by atoms with E-state index in [1.165, 1.54) is 11.1 Å². The van der Waals surface area contributed by atoms with Crippen molar-refractivity contribution in [2.24, 2.45) is 17.8 Å². The topological polar surface area (TPSA) is 78.3 Å². The Balaban J connectivity index is 1.23. The first kappa shape index (κ1) is 18.9. The third kappa shape index (κ3) is 3.01. The predicted octanol–water partition coefficient (Wildman–Crippen LogP) is 2.87. The summed E-state index contributed by atoms with van der Waals surface area (Å²) >= 11 is 0. The lowest BCUT2D eigenvalue weighted by Crippen LogP contribution is -2.61. The van der Waals surface area contributed by atoms with Gasteiger partial charge in [0, 0.05) is 18.2 Å². The summed E-state index contributed by atoms with van der Waals surface area (Å²) in [7, 11) is 0. The maximum absolute atomic E-state index is 13.3. The highest BCUT2D eigenvalue weighted by atomic mass is 19.3. The minimum absolute atomic E-state index is 0.0947. The lowest BCUT2D eigenvalue weighted by Gasteiger charge is -2.58. The quantitative estimate of drug-likeness (QED) is 0.786. The smallest absolute Gasteiger partial charge is 0.282 e. The number of nitrogens with one attached hydrogen (secondary N) is 1. The molecular formula is C22H28F2N4O2. The van der Waals surface area contributed by atoms with Gasteiger partial charge in [-0.05, 0) is 62.7 Å². The van der Waals surface area contributed by atoms with Gasteiger partial charge in [0.05, 0.1) is 29.9 Å². The molecule has 7 rings (SSSR count). The van der Waals surface area contributed by atoms with Gasteiger partial charge in [-0.2, -0.15) is 0 Å². The molecule has 8 heteroatoms. The lowest BCUT2D eigenvalue weighted by atomic mass is 9.52. The van der Waals surface area contributed by atoms with Gasteiger partial charge in [0.2, 0.25) is 5.95 Å². The van der Waals surface area contributed by atoms with Crippen LogP contribution >= 0.6 is 0 Å². The Morgan fingerprint density at radius 2 is 1.87 bits per heavy atom. The van der Waals surface area contributed by atoms with E-state index in [4.69, 9.17) is 0 Å². The molecule has 5 aliphatic carbocycles. The number of amides is 1. The summed E-state index contributed by atoms with van der Waals surface area (Å²) in [5, 5.41) is 14.1. The normalized spacial score (nSPS) is 38.8. The monoisotopic (exact) mass is 418 g/mol. The number of aromatic nitrogens is 2. The summed E-state index contributed by atoms with van der Waals surface area (Å²) in [5.74, 6) is -1.07. The van der Waals surface area contributed by atoms with E-state index in [-0.39, 0.29) is 31.0 Å². The number of alkyl halides is 2. The Hall–Kier alpha value is -1.83. The molecule has 5 saturated carbocycles. The Morgan fingerprint density at radius 3 is 2.43 bits per heavy atom. The number of halogens is 2. The second-order valence-electron chi connectivity index (χ2n) is 10.5. The highest BCUT2D eigenvalue weighted by Gasteiger charge is 2.55. The van der Waals surface area contributed by atoms with Crippen LogP contribution in [0.4, 0.5) is 14.7 Å². The molecule has 162 valence electrons. The molecule has 2 N–H and O–H groups in total. The Morgan fingerprint density at radius 1 is 1.17 bits per heavy atom. The third-order valence-corrected chi connectivity index (χ3v) is 8.21. The molecule has 2 unspecified atom stereocenters. The van der Waals surface area contributed by atoms with Gasteiger partial charge in [-0.3, -0.25) is 4.79 Å². The van der Waals surface area contributed by atoms with E-state index in [0.29, 0.717) is 35.0 Å². The molecule has 2 heterocycles. The molecule has 6 nitrogen and oxygen atoms in total. The number of nitrogens with zero attached hydrogens (tertiary/aromatic N) is 3. The molecule has 30 heavy (non-hydrogen) atoms. The van der Waals surface area contributed by atoms with E-state index in [2.05, 4.69) is 15.3 Å². The summed E-state index contributed by atoms with van der Waals surface area (Å²) in [6.07, 6.45) is 9.20. The van der Waals surface area contributed by atoms with Gasteiger partial charge in [0.25, 0.3) is 11.8 Å². The van der Waals surface area contributed by atoms with Gasteiger partial charge in [-0.1, -0.05) is 6.42 Å². The van der Waals surface area contributed by atoms with Crippen molar-refractivity contribution in [2.75, 3.05) is 18.0 Å². The van der Waals surface area contributed by atoms with Crippen LogP contribution in [0.3, 0.4) is 0 Å². The van der Waals surface area contributed by atoms with Gasteiger partial charge >= 0.3 is 0 Å². The molecule has 6 fully saturated rings. The van der Waals surface area contributed by atoms with Crippen molar-refractivity contribution in [3.63, 3.8) is 0 Å². The van der Waals surface area contributed by atoms with E-state index in [1.807, 2.05) is 0 Å². The van der Waals surface area contributed by atoms with E-state index in [9.17, 15) is 18.7 Å². The maximum Gasteiger partial charge on any atom is 0.282 e. The number of carbonyl (C=O) groups is 1. The highest BCUT2D eigenvalue weighted by Crippen LogP contribution is 2.55. The largest absolute Gasteiger partial charge is 0.390 e. The molecule has 2 atom stereocenters. The molecule has 0 aromatic carbocycles. The van der Waals surface area contributed by atoms with Crippen LogP contribution in [-0.2, 0) is 0 Å². The van der Waals surface area contributed by atoms with Crippen molar-refractivity contribution < 1.29 is 18.7 Å². The summed E-state index contributed by atoms with van der Waals surface area (Å²) in [6, 6.07) is 0.0947. The lowest BCUT2D eigenvalue weighted by molar-refractivity contribution is -0.136. The fraction of sp³-hybridized carbons (Fsp3) is 0.773. The molecule has 1 amide bonds. The van der Waals surface area contributed by atoms with Crippen LogP contribution in [0.1, 0.15) is 73.3 Å². The molecule has 1 aliphatic heterocycles. The minimum Gasteiger partial charge on any atom is -0.390 e. The maximum atomic E-state index is 13.3. The zero-order valence-electron chi connectivity index (χ0n) is 17.0. The van der Waals surface area contributed by atoms with Crippen molar-refractivity contribution >= 4 is 11.9 Å². The SMILES string of the molecule is O=C(N[C@H]1C2CC3CC1C[C@@](O)(C3)C2)c1cnc(N2CC(F)(F)C2)nc1C1CCC1. The van der Waals surface area contributed by atoms with Crippen molar-refractivity contribution in [3.05, 3.63) is 17.5 Å². The molecule has 1 saturated heterocycles. The average Bonchev–Trinajstić information content (AvgIpc) is 2.59. The standard InChI is InChI=1S/C22H28F2N4O2/c23-22(24)10-28(11-22)20-25-9-16(18(27-20)13-2-1-3-13)19(29)26-17-14-4-12-5-15(17)8-21(30,6-12)7-14/h9,12-15,17,30H,1-8,10-11H2,(H,26,29)/t12?,14?,15?,17-,21+. The molecule has 1 aromatic rings. The third-order valence-electron chi connectivity index (χ3n) is 8.21. The second-order valence-corrected chi connectivity index (χ2v) is 10.5. The molecule has 1 aromatic heterocycles. The molecule has 0 radical (unpaired) electrons. The van der Waals surface area contributed by atoms with Gasteiger partial charge in [-0.25, -0.2) is 18.7 Å². The van der Waals surface area contributed by atoms with Crippen LogP contribution in [-0.4, -0.2) is 51.6 Å². The Bertz CT molecular complexity index is 866. The number of rotatable bonds is 4. The molecular weight excluding hydrogens is 390 g/mol. The molecule has 6 aliphatic rings. The van der Waals surface area contributed by atoms with Crippen molar-refractivity contribution in [2.45, 2.75) is 74.8 Å². The van der Waals surface area contributed by atoms with Crippen LogP contribution < -0.4 is 10.2 Å². The number of aliphatic hydroxyl groups is 1. The summed E-state index contributed by atoms with van der Waals surface area (Å²) in [6.45, 7) is -0.726. The first-order valence-electron chi connectivity index (χ1n) is 11.3. The van der Waals surface area contributed by atoms with Crippen LogP contribution in [0.25, 0.3) is 0 Å².